The van der Waals surface area contributed by atoms with Gasteiger partial charge in [0.1, 0.15) is 18.1 Å². The molecule has 3 aromatic carbocycles. The van der Waals surface area contributed by atoms with E-state index in [4.69, 9.17) is 15.2 Å². The number of nitrogens with zero attached hydrogens (tertiary/aromatic N) is 1. The monoisotopic (exact) mass is 542 g/mol. The minimum absolute atomic E-state index is 0.165. The topological polar surface area (TPSA) is 119 Å². The molecule has 2 heterocycles. The number of carbonyl (C=O) groups excluding carboxylic acids is 2. The summed E-state index contributed by atoms with van der Waals surface area (Å²) >= 11 is 1.51. The van der Waals surface area contributed by atoms with E-state index in [2.05, 4.69) is 15.3 Å². The normalized spacial score (nSPS) is 12.8. The second kappa shape index (κ2) is 12.1. The van der Waals surface area contributed by atoms with Crippen LogP contribution in [-0.2, 0) is 22.4 Å². The van der Waals surface area contributed by atoms with Crippen LogP contribution in [-0.4, -0.2) is 41.5 Å². The van der Waals surface area contributed by atoms with Gasteiger partial charge in [0.25, 0.3) is 0 Å². The van der Waals surface area contributed by atoms with Gasteiger partial charge in [0, 0.05) is 23.5 Å². The van der Waals surface area contributed by atoms with Crippen LogP contribution in [0, 0.1) is 5.92 Å². The lowest BCUT2D eigenvalue weighted by Crippen LogP contribution is -2.51. The zero-order chi connectivity index (χ0) is 27.2. The molecule has 0 aliphatic carbocycles. The minimum Gasteiger partial charge on any atom is -0.496 e. The number of hydrogen-bond acceptors (Lipinski definition) is 7. The summed E-state index contributed by atoms with van der Waals surface area (Å²) in [7, 11) is 1.60. The molecule has 0 saturated heterocycles. The van der Waals surface area contributed by atoms with Crippen molar-refractivity contribution in [2.45, 2.75) is 25.4 Å². The maximum absolute atomic E-state index is 13.5. The number of H-pyrrole nitrogens is 1. The Morgan fingerprint density at radius 2 is 1.90 bits per heavy atom. The number of Topliss-reactive ketones (excluding diaryl/α,β-unsaturated/α-hetero) is 1. The average molecular weight is 543 g/mol. The number of hydrogen-bond donors (Lipinski definition) is 3. The van der Waals surface area contributed by atoms with E-state index in [1.165, 1.54) is 11.3 Å². The zero-order valence-corrected chi connectivity index (χ0v) is 22.4. The Labute approximate surface area is 230 Å². The van der Waals surface area contributed by atoms with Crippen LogP contribution in [0.2, 0.25) is 0 Å². The molecule has 1 amide bonds. The van der Waals surface area contributed by atoms with Crippen molar-refractivity contribution in [2.24, 2.45) is 11.7 Å². The van der Waals surface area contributed by atoms with Crippen molar-refractivity contribution in [3.05, 3.63) is 89.6 Å². The number of ketones is 1. The number of benzene rings is 3. The summed E-state index contributed by atoms with van der Waals surface area (Å²) in [6, 6.07) is 21.0. The zero-order valence-electron chi connectivity index (χ0n) is 21.6. The molecule has 0 aliphatic rings. The fourth-order valence-corrected chi connectivity index (χ4v) is 5.39. The van der Waals surface area contributed by atoms with Crippen molar-refractivity contribution in [1.82, 2.24) is 15.3 Å². The van der Waals surface area contributed by atoms with Crippen LogP contribution in [0.1, 0.15) is 17.5 Å². The van der Waals surface area contributed by atoms with Crippen molar-refractivity contribution >= 4 is 44.1 Å². The molecule has 2 unspecified atom stereocenters. The van der Waals surface area contributed by atoms with E-state index in [1.54, 1.807) is 18.7 Å². The van der Waals surface area contributed by atoms with Gasteiger partial charge in [-0.25, -0.2) is 4.98 Å². The quantitative estimate of drug-likeness (QED) is 0.198. The molecule has 8 nitrogen and oxygen atoms in total. The largest absolute Gasteiger partial charge is 0.496 e. The second-order valence-corrected chi connectivity index (χ2v) is 10.2. The van der Waals surface area contributed by atoms with E-state index < -0.39 is 12.1 Å². The lowest BCUT2D eigenvalue weighted by Gasteiger charge is -2.24. The van der Waals surface area contributed by atoms with Crippen LogP contribution in [0.5, 0.6) is 11.5 Å². The summed E-state index contributed by atoms with van der Waals surface area (Å²) in [5, 5.41) is 3.87. The average Bonchev–Trinajstić information content (AvgIpc) is 3.60. The van der Waals surface area contributed by atoms with Gasteiger partial charge in [-0.1, -0.05) is 36.4 Å². The number of fused-ring (bicyclic) bond motifs is 2. The number of aryl methyl sites for hydroxylation is 1. The molecule has 2 atom stereocenters. The van der Waals surface area contributed by atoms with Gasteiger partial charge in [-0.05, 0) is 54.3 Å². The van der Waals surface area contributed by atoms with Crippen LogP contribution >= 0.6 is 11.3 Å². The van der Waals surface area contributed by atoms with Crippen LogP contribution in [0.3, 0.4) is 0 Å². The Kier molecular flexibility index (Phi) is 8.19. The van der Waals surface area contributed by atoms with Gasteiger partial charge < -0.3 is 25.5 Å². The Hall–Kier alpha value is -4.21. The Balaban J connectivity index is 1.28. The van der Waals surface area contributed by atoms with Crippen LogP contribution < -0.4 is 20.5 Å². The predicted molar refractivity (Wildman–Crippen MR) is 153 cm³/mol. The molecule has 0 fully saturated rings. The number of thiazole rings is 1. The van der Waals surface area contributed by atoms with Crippen molar-refractivity contribution in [3.63, 3.8) is 0 Å². The van der Waals surface area contributed by atoms with Crippen molar-refractivity contribution < 1.29 is 19.1 Å². The number of aromatic nitrogens is 2. The number of aromatic amines is 1. The molecule has 5 rings (SSSR count). The smallest absolute Gasteiger partial charge is 0.221 e. The maximum Gasteiger partial charge on any atom is 0.221 e. The summed E-state index contributed by atoms with van der Waals surface area (Å²) in [6.07, 6.45) is 2.07. The fraction of sp³-hybridized carbons (Fsp3) is 0.233. The SMILES string of the molecule is COc1ccccc1CCC(=O)NC(N)C(Cc1c[nH]c2ccccc12)C(=O)COc1ccc2ncsc2c1. The van der Waals surface area contributed by atoms with Gasteiger partial charge >= 0.3 is 0 Å². The molecule has 2 aromatic heterocycles. The number of amides is 1. The molecular formula is C30H30N4O4S. The van der Waals surface area contributed by atoms with Crippen LogP contribution in [0.15, 0.2) is 78.4 Å². The fourth-order valence-electron chi connectivity index (χ4n) is 4.68. The van der Waals surface area contributed by atoms with E-state index in [0.29, 0.717) is 18.6 Å². The van der Waals surface area contributed by atoms with Gasteiger partial charge in [0.05, 0.1) is 34.9 Å². The summed E-state index contributed by atoms with van der Waals surface area (Å²) in [5.74, 6) is 0.200. The highest BCUT2D eigenvalue weighted by molar-refractivity contribution is 7.16. The minimum atomic E-state index is -0.885. The first kappa shape index (κ1) is 26.4. The van der Waals surface area contributed by atoms with Gasteiger partial charge in [-0.15, -0.1) is 11.3 Å². The Morgan fingerprint density at radius 3 is 2.77 bits per heavy atom. The number of rotatable bonds is 12. The van der Waals surface area contributed by atoms with Gasteiger partial charge in [0.2, 0.25) is 5.91 Å². The molecule has 0 spiro atoms. The summed E-state index contributed by atoms with van der Waals surface area (Å²) in [4.78, 5) is 33.9. The summed E-state index contributed by atoms with van der Waals surface area (Å²) in [6.45, 7) is -0.165. The van der Waals surface area contributed by atoms with E-state index in [1.807, 2.05) is 66.9 Å². The molecule has 0 aliphatic heterocycles. The van der Waals surface area contributed by atoms with E-state index >= 15 is 0 Å². The van der Waals surface area contributed by atoms with Gasteiger partial charge in [0.15, 0.2) is 5.78 Å². The molecule has 0 radical (unpaired) electrons. The number of nitrogens with two attached hydrogens (primary N) is 1. The highest BCUT2D eigenvalue weighted by Gasteiger charge is 2.28. The van der Waals surface area contributed by atoms with Crippen LogP contribution in [0.25, 0.3) is 21.1 Å². The van der Waals surface area contributed by atoms with Crippen molar-refractivity contribution in [2.75, 3.05) is 13.7 Å². The number of methoxy groups -OCH3 is 1. The summed E-state index contributed by atoms with van der Waals surface area (Å²) in [5.41, 5.74) is 12.0. The van der Waals surface area contributed by atoms with Gasteiger partial charge in [-0.3, -0.25) is 9.59 Å². The van der Waals surface area contributed by atoms with E-state index in [0.717, 1.165) is 38.0 Å². The standard InChI is InChI=1S/C30H30N4O4S/c1-37-27-9-5-2-6-19(27)10-13-29(36)34-30(31)23(14-20-16-32-24-8-4-3-7-22(20)24)26(35)17-38-21-11-12-25-28(15-21)39-18-33-25/h2-9,11-12,15-16,18,23,30,32H,10,13-14,17,31H2,1H3,(H,34,36). The van der Waals surface area contributed by atoms with Crippen molar-refractivity contribution in [3.8, 4) is 11.5 Å². The van der Waals surface area contributed by atoms with Crippen LogP contribution in [0.4, 0.5) is 0 Å². The second-order valence-electron chi connectivity index (χ2n) is 9.31. The number of para-hydroxylation sites is 2. The van der Waals surface area contributed by atoms with Crippen molar-refractivity contribution in [1.29, 1.82) is 0 Å². The highest BCUT2D eigenvalue weighted by Crippen LogP contribution is 2.25. The number of ether oxygens (including phenoxy) is 2. The van der Waals surface area contributed by atoms with E-state index in [9.17, 15) is 9.59 Å². The first-order valence-electron chi connectivity index (χ1n) is 12.7. The third-order valence-corrected chi connectivity index (χ3v) is 7.58. The molecule has 200 valence electrons. The molecule has 5 aromatic rings. The number of carbonyl (C=O) groups is 2. The highest BCUT2D eigenvalue weighted by atomic mass is 32.1. The lowest BCUT2D eigenvalue weighted by molar-refractivity contribution is -0.127. The Bertz CT molecular complexity index is 1590. The molecule has 39 heavy (non-hydrogen) atoms. The molecule has 4 N–H and O–H groups in total. The Morgan fingerprint density at radius 1 is 1.08 bits per heavy atom. The van der Waals surface area contributed by atoms with Gasteiger partial charge in [-0.2, -0.15) is 0 Å². The summed E-state index contributed by atoms with van der Waals surface area (Å²) < 4.78 is 12.2. The molecular weight excluding hydrogens is 512 g/mol. The third-order valence-electron chi connectivity index (χ3n) is 6.79. The lowest BCUT2D eigenvalue weighted by atomic mass is 9.92. The predicted octanol–water partition coefficient (Wildman–Crippen LogP) is 4.63. The maximum atomic E-state index is 13.5. The first-order valence-corrected chi connectivity index (χ1v) is 13.6. The molecule has 0 saturated carbocycles. The van der Waals surface area contributed by atoms with E-state index in [-0.39, 0.29) is 24.7 Å². The number of nitrogens with one attached hydrogen (secondary N) is 2. The third kappa shape index (κ3) is 6.27. The first-order chi connectivity index (χ1) is 19.0. The molecule has 9 heteroatoms. The molecule has 0 bridgehead atoms.